The van der Waals surface area contributed by atoms with E-state index in [1.165, 1.54) is 5.56 Å². The molecule has 1 heterocycles. The van der Waals surface area contributed by atoms with Crippen molar-refractivity contribution in [1.82, 2.24) is 5.32 Å². The molecule has 1 amide bonds. The number of carbonyl (C=O) groups excluding carboxylic acids is 1. The summed E-state index contributed by atoms with van der Waals surface area (Å²) in [6, 6.07) is 11.9. The van der Waals surface area contributed by atoms with Gasteiger partial charge in [0.05, 0.1) is 0 Å². The molecule has 0 saturated heterocycles. The molecule has 0 spiro atoms. The van der Waals surface area contributed by atoms with Crippen LogP contribution in [-0.4, -0.2) is 12.6 Å². The maximum Gasteiger partial charge on any atom is 0.407 e. The van der Waals surface area contributed by atoms with E-state index in [0.717, 1.165) is 12.0 Å². The highest BCUT2D eigenvalue weighted by Gasteiger charge is 2.38. The van der Waals surface area contributed by atoms with Gasteiger partial charge >= 0.3 is 6.09 Å². The second-order valence-corrected chi connectivity index (χ2v) is 5.88. The number of benzene rings is 1. The van der Waals surface area contributed by atoms with Crippen LogP contribution >= 0.6 is 11.3 Å². The lowest BCUT2D eigenvalue weighted by Gasteiger charge is -2.06. The highest BCUT2D eigenvalue weighted by atomic mass is 32.1. The Morgan fingerprint density at radius 1 is 1.30 bits per heavy atom. The molecule has 1 aromatic carbocycles. The first kappa shape index (κ1) is 13.2. The number of alkyl carbamates (subject to hydrolysis) is 1. The molecule has 0 bridgehead atoms. The van der Waals surface area contributed by atoms with E-state index >= 15 is 0 Å². The summed E-state index contributed by atoms with van der Waals surface area (Å²) in [5, 5.41) is 7.15. The average molecular weight is 287 g/mol. The van der Waals surface area contributed by atoms with Crippen LogP contribution in [0.15, 0.2) is 47.2 Å². The van der Waals surface area contributed by atoms with Crippen LogP contribution in [0, 0.1) is 5.92 Å². The summed E-state index contributed by atoms with van der Waals surface area (Å²) >= 11 is 1.73. The monoisotopic (exact) mass is 287 g/mol. The molecule has 104 valence electrons. The Morgan fingerprint density at radius 2 is 2.15 bits per heavy atom. The second kappa shape index (κ2) is 6.09. The molecular weight excluding hydrogens is 270 g/mol. The molecule has 0 aliphatic heterocycles. The molecule has 2 aromatic rings. The molecule has 2 atom stereocenters. The highest BCUT2D eigenvalue weighted by Crippen LogP contribution is 2.47. The van der Waals surface area contributed by atoms with Gasteiger partial charge in [-0.1, -0.05) is 30.3 Å². The lowest BCUT2D eigenvalue weighted by molar-refractivity contribution is 0.139. The van der Waals surface area contributed by atoms with Crippen molar-refractivity contribution in [1.29, 1.82) is 0 Å². The molecule has 1 aliphatic rings. The van der Waals surface area contributed by atoms with Gasteiger partial charge < -0.3 is 10.1 Å². The van der Waals surface area contributed by atoms with E-state index in [0.29, 0.717) is 25.0 Å². The zero-order valence-electron chi connectivity index (χ0n) is 11.1. The summed E-state index contributed by atoms with van der Waals surface area (Å²) < 4.78 is 5.18. The van der Waals surface area contributed by atoms with Crippen LogP contribution in [0.3, 0.4) is 0 Å². The van der Waals surface area contributed by atoms with Crippen LogP contribution in [0.5, 0.6) is 0 Å². The lowest BCUT2D eigenvalue weighted by Crippen LogP contribution is -2.26. The fourth-order valence-corrected chi connectivity index (χ4v) is 3.08. The summed E-state index contributed by atoms with van der Waals surface area (Å²) in [6.07, 6.45) is 0.834. The van der Waals surface area contributed by atoms with Gasteiger partial charge in [0, 0.05) is 6.54 Å². The zero-order chi connectivity index (χ0) is 13.8. The molecular formula is C16H17NO2S. The Kier molecular flexibility index (Phi) is 4.02. The van der Waals surface area contributed by atoms with Crippen molar-refractivity contribution >= 4 is 17.4 Å². The van der Waals surface area contributed by atoms with Crippen molar-refractivity contribution in [3.8, 4) is 0 Å². The fourth-order valence-electron chi connectivity index (χ4n) is 2.36. The van der Waals surface area contributed by atoms with E-state index in [2.05, 4.69) is 22.1 Å². The van der Waals surface area contributed by atoms with Gasteiger partial charge in [0.1, 0.15) is 6.61 Å². The molecule has 3 nitrogen and oxygen atoms in total. The highest BCUT2D eigenvalue weighted by molar-refractivity contribution is 7.08. The lowest BCUT2D eigenvalue weighted by atomic mass is 10.2. The number of carbonyl (C=O) groups is 1. The standard InChI is InChI=1S/C16H17NO2S/c18-16(19-10-12-4-2-1-3-5-12)17-9-14-8-15(14)13-6-7-20-11-13/h1-7,11,14-15H,8-10H2,(H,17,18)/t14-,15-/m1/s1. The Labute approximate surface area is 122 Å². The van der Waals surface area contributed by atoms with Crippen molar-refractivity contribution in [3.63, 3.8) is 0 Å². The van der Waals surface area contributed by atoms with Crippen LogP contribution in [0.2, 0.25) is 0 Å². The first-order valence-electron chi connectivity index (χ1n) is 6.79. The average Bonchev–Trinajstić information content (AvgIpc) is 3.05. The number of hydrogen-bond donors (Lipinski definition) is 1. The largest absolute Gasteiger partial charge is 0.445 e. The first-order chi connectivity index (χ1) is 9.83. The van der Waals surface area contributed by atoms with Gasteiger partial charge in [-0.2, -0.15) is 11.3 Å². The minimum atomic E-state index is -0.329. The Hall–Kier alpha value is -1.81. The summed E-state index contributed by atoms with van der Waals surface area (Å²) in [5.41, 5.74) is 2.41. The molecule has 1 aromatic heterocycles. The second-order valence-electron chi connectivity index (χ2n) is 5.10. The third kappa shape index (κ3) is 3.39. The zero-order valence-corrected chi connectivity index (χ0v) is 11.9. The van der Waals surface area contributed by atoms with Gasteiger partial charge in [-0.15, -0.1) is 0 Å². The number of amides is 1. The van der Waals surface area contributed by atoms with Gasteiger partial charge in [0.2, 0.25) is 0 Å². The number of rotatable bonds is 5. The van der Waals surface area contributed by atoms with Crippen LogP contribution < -0.4 is 5.32 Å². The van der Waals surface area contributed by atoms with Crippen LogP contribution in [0.4, 0.5) is 4.79 Å². The van der Waals surface area contributed by atoms with E-state index in [1.807, 2.05) is 30.3 Å². The van der Waals surface area contributed by atoms with Crippen molar-refractivity contribution in [2.45, 2.75) is 18.9 Å². The molecule has 0 radical (unpaired) electrons. The molecule has 0 unspecified atom stereocenters. The Morgan fingerprint density at radius 3 is 2.90 bits per heavy atom. The van der Waals surface area contributed by atoms with Gasteiger partial charge in [0.15, 0.2) is 0 Å². The summed E-state index contributed by atoms with van der Waals surface area (Å²) in [4.78, 5) is 11.6. The summed E-state index contributed by atoms with van der Waals surface area (Å²) in [5.74, 6) is 1.18. The maximum absolute atomic E-state index is 11.6. The Balaban J connectivity index is 1.36. The molecule has 1 aliphatic carbocycles. The van der Waals surface area contributed by atoms with E-state index in [4.69, 9.17) is 4.74 Å². The van der Waals surface area contributed by atoms with Crippen molar-refractivity contribution < 1.29 is 9.53 Å². The summed E-state index contributed by atoms with van der Waals surface area (Å²) in [7, 11) is 0. The Bertz CT molecular complexity index is 553. The van der Waals surface area contributed by atoms with Crippen LogP contribution in [0.25, 0.3) is 0 Å². The fraction of sp³-hybridized carbons (Fsp3) is 0.312. The van der Waals surface area contributed by atoms with Gasteiger partial charge in [-0.05, 0) is 46.2 Å². The topological polar surface area (TPSA) is 38.3 Å². The van der Waals surface area contributed by atoms with E-state index in [1.54, 1.807) is 11.3 Å². The minimum absolute atomic E-state index is 0.325. The van der Waals surface area contributed by atoms with Crippen LogP contribution in [-0.2, 0) is 11.3 Å². The maximum atomic E-state index is 11.6. The number of hydrogen-bond acceptors (Lipinski definition) is 3. The predicted molar refractivity (Wildman–Crippen MR) is 79.8 cm³/mol. The number of nitrogens with one attached hydrogen (secondary N) is 1. The van der Waals surface area contributed by atoms with E-state index < -0.39 is 0 Å². The minimum Gasteiger partial charge on any atom is -0.445 e. The van der Waals surface area contributed by atoms with Gasteiger partial charge in [-0.25, -0.2) is 4.79 Å². The third-order valence-corrected chi connectivity index (χ3v) is 4.32. The van der Waals surface area contributed by atoms with Crippen molar-refractivity contribution in [3.05, 3.63) is 58.3 Å². The van der Waals surface area contributed by atoms with Crippen molar-refractivity contribution in [2.24, 2.45) is 5.92 Å². The van der Waals surface area contributed by atoms with Crippen LogP contribution in [0.1, 0.15) is 23.5 Å². The predicted octanol–water partition coefficient (Wildman–Crippen LogP) is 3.78. The normalized spacial score (nSPS) is 20.4. The smallest absolute Gasteiger partial charge is 0.407 e. The quantitative estimate of drug-likeness (QED) is 0.909. The van der Waals surface area contributed by atoms with E-state index in [-0.39, 0.29) is 6.09 Å². The van der Waals surface area contributed by atoms with E-state index in [9.17, 15) is 4.79 Å². The third-order valence-electron chi connectivity index (χ3n) is 3.62. The van der Waals surface area contributed by atoms with Gasteiger partial charge in [0.25, 0.3) is 0 Å². The SMILES string of the molecule is O=C(NC[C@H]1C[C@@H]1c1ccsc1)OCc1ccccc1. The molecule has 1 fully saturated rings. The van der Waals surface area contributed by atoms with Crippen molar-refractivity contribution in [2.75, 3.05) is 6.54 Å². The number of ether oxygens (including phenoxy) is 1. The first-order valence-corrected chi connectivity index (χ1v) is 7.74. The number of thiophene rings is 1. The molecule has 3 rings (SSSR count). The molecule has 4 heteroatoms. The molecule has 1 N–H and O–H groups in total. The summed E-state index contributed by atoms with van der Waals surface area (Å²) in [6.45, 7) is 1.03. The van der Waals surface area contributed by atoms with Gasteiger partial charge in [-0.3, -0.25) is 0 Å². The molecule has 20 heavy (non-hydrogen) atoms. The molecule has 1 saturated carbocycles.